The Balaban J connectivity index is 2.02. The van der Waals surface area contributed by atoms with Gasteiger partial charge in [-0.2, -0.15) is 0 Å². The van der Waals surface area contributed by atoms with Crippen molar-refractivity contribution in [1.82, 2.24) is 5.32 Å². The van der Waals surface area contributed by atoms with Crippen molar-refractivity contribution < 1.29 is 4.79 Å². The van der Waals surface area contributed by atoms with Crippen LogP contribution in [0.15, 0.2) is 24.3 Å². The van der Waals surface area contributed by atoms with E-state index in [-0.39, 0.29) is 11.8 Å². The normalized spacial score (nSPS) is 17.2. The van der Waals surface area contributed by atoms with Crippen molar-refractivity contribution in [2.75, 3.05) is 0 Å². The molecule has 17 heavy (non-hydrogen) atoms. The number of hydrogen-bond acceptors (Lipinski definition) is 2. The summed E-state index contributed by atoms with van der Waals surface area (Å²) in [6, 6.07) is 8.52. The molecule has 1 N–H and O–H groups in total. The summed E-state index contributed by atoms with van der Waals surface area (Å²) in [5.41, 5.74) is 2.10. The Morgan fingerprint density at radius 1 is 1.18 bits per heavy atom. The van der Waals surface area contributed by atoms with Crippen molar-refractivity contribution in [3.05, 3.63) is 35.4 Å². The van der Waals surface area contributed by atoms with Crippen molar-refractivity contribution in [2.45, 2.75) is 51.6 Å². The second-order valence-corrected chi connectivity index (χ2v) is 5.30. The highest BCUT2D eigenvalue weighted by Gasteiger charge is 2.26. The van der Waals surface area contributed by atoms with E-state index >= 15 is 0 Å². The summed E-state index contributed by atoms with van der Waals surface area (Å²) >= 11 is 0. The van der Waals surface area contributed by atoms with E-state index in [9.17, 15) is 4.79 Å². The Hall–Kier alpha value is -1.15. The van der Waals surface area contributed by atoms with Gasteiger partial charge in [0, 0.05) is 11.6 Å². The van der Waals surface area contributed by atoms with Crippen LogP contribution in [0.2, 0.25) is 0 Å². The van der Waals surface area contributed by atoms with E-state index in [0.717, 1.165) is 5.56 Å². The molecule has 2 rings (SSSR count). The van der Waals surface area contributed by atoms with Crippen molar-refractivity contribution in [3.8, 4) is 0 Å². The van der Waals surface area contributed by atoms with Crippen molar-refractivity contribution in [3.63, 3.8) is 0 Å². The number of hydrogen-bond donors (Lipinski definition) is 1. The number of benzene rings is 1. The minimum Gasteiger partial charge on any atom is -0.305 e. The molecular weight excluding hydrogens is 210 g/mol. The first-order valence-corrected chi connectivity index (χ1v) is 6.48. The van der Waals surface area contributed by atoms with Crippen LogP contribution in [-0.4, -0.2) is 17.9 Å². The number of rotatable bonds is 5. The van der Waals surface area contributed by atoms with Crippen molar-refractivity contribution >= 4 is 5.78 Å². The maximum Gasteiger partial charge on any atom is 0.179 e. The lowest BCUT2D eigenvalue weighted by Gasteiger charge is -2.12. The van der Waals surface area contributed by atoms with Crippen molar-refractivity contribution in [1.29, 1.82) is 0 Å². The summed E-state index contributed by atoms with van der Waals surface area (Å²) in [6.45, 7) is 6.28. The van der Waals surface area contributed by atoms with Gasteiger partial charge in [-0.15, -0.1) is 0 Å². The SMILES string of the molecule is CC(NC1CC1)C(=O)c1ccc(C(C)C)cc1. The molecule has 1 aliphatic rings. The first-order valence-electron chi connectivity index (χ1n) is 6.48. The lowest BCUT2D eigenvalue weighted by molar-refractivity contribution is 0.0950. The average molecular weight is 231 g/mol. The van der Waals surface area contributed by atoms with Gasteiger partial charge in [0.25, 0.3) is 0 Å². The lowest BCUT2D eigenvalue weighted by Crippen LogP contribution is -2.35. The second kappa shape index (κ2) is 5.01. The monoisotopic (exact) mass is 231 g/mol. The molecule has 1 aromatic rings. The lowest BCUT2D eigenvalue weighted by atomic mass is 9.99. The van der Waals surface area contributed by atoms with Crippen LogP contribution in [0.1, 0.15) is 55.5 Å². The summed E-state index contributed by atoms with van der Waals surface area (Å²) < 4.78 is 0. The number of nitrogens with one attached hydrogen (secondary N) is 1. The van der Waals surface area contributed by atoms with E-state index < -0.39 is 0 Å². The molecule has 0 heterocycles. The molecule has 0 radical (unpaired) electrons. The first-order chi connectivity index (χ1) is 8.08. The molecule has 1 aromatic carbocycles. The molecule has 0 saturated heterocycles. The third kappa shape index (κ3) is 3.16. The van der Waals surface area contributed by atoms with E-state index in [1.165, 1.54) is 18.4 Å². The zero-order valence-electron chi connectivity index (χ0n) is 10.9. The predicted octanol–water partition coefficient (Wildman–Crippen LogP) is 3.13. The second-order valence-electron chi connectivity index (χ2n) is 5.30. The molecule has 0 aromatic heterocycles. The van der Waals surface area contributed by atoms with Crippen molar-refractivity contribution in [2.24, 2.45) is 0 Å². The molecule has 0 amide bonds. The highest BCUT2D eigenvalue weighted by molar-refractivity contribution is 5.99. The number of carbonyl (C=O) groups excluding carboxylic acids is 1. The summed E-state index contributed by atoms with van der Waals surface area (Å²) in [7, 11) is 0. The Bertz CT molecular complexity index is 390. The van der Waals surface area contributed by atoms with Gasteiger partial charge in [-0.05, 0) is 31.2 Å². The van der Waals surface area contributed by atoms with Crippen LogP contribution in [0.3, 0.4) is 0 Å². The van der Waals surface area contributed by atoms with Gasteiger partial charge >= 0.3 is 0 Å². The van der Waals surface area contributed by atoms with Gasteiger partial charge in [-0.25, -0.2) is 0 Å². The van der Waals surface area contributed by atoms with E-state index in [1.54, 1.807) is 0 Å². The third-order valence-corrected chi connectivity index (χ3v) is 3.32. The van der Waals surface area contributed by atoms with Gasteiger partial charge in [0.05, 0.1) is 6.04 Å². The highest BCUT2D eigenvalue weighted by Crippen LogP contribution is 2.20. The van der Waals surface area contributed by atoms with E-state index in [2.05, 4.69) is 31.3 Å². The summed E-state index contributed by atoms with van der Waals surface area (Å²) in [5, 5.41) is 3.34. The molecule has 2 nitrogen and oxygen atoms in total. The molecule has 2 heteroatoms. The minimum absolute atomic E-state index is 0.0626. The topological polar surface area (TPSA) is 29.1 Å². The number of ketones is 1. The van der Waals surface area contributed by atoms with E-state index in [4.69, 9.17) is 0 Å². The Kier molecular flexibility index (Phi) is 3.63. The summed E-state index contributed by atoms with van der Waals surface area (Å²) in [4.78, 5) is 12.1. The maximum atomic E-state index is 12.1. The fraction of sp³-hybridized carbons (Fsp3) is 0.533. The third-order valence-electron chi connectivity index (χ3n) is 3.32. The smallest absolute Gasteiger partial charge is 0.179 e. The Labute approximate surface area is 103 Å². The molecule has 0 bridgehead atoms. The van der Waals surface area contributed by atoms with Gasteiger partial charge in [0.1, 0.15) is 0 Å². The van der Waals surface area contributed by atoms with Gasteiger partial charge in [-0.1, -0.05) is 38.1 Å². The minimum atomic E-state index is -0.0626. The molecule has 1 atom stereocenters. The van der Waals surface area contributed by atoms with Crippen LogP contribution in [-0.2, 0) is 0 Å². The zero-order valence-corrected chi connectivity index (χ0v) is 10.9. The fourth-order valence-electron chi connectivity index (χ4n) is 1.96. The number of Topliss-reactive ketones (excluding diaryl/α,β-unsaturated/α-hetero) is 1. The predicted molar refractivity (Wildman–Crippen MR) is 70.5 cm³/mol. The standard InChI is InChI=1S/C15H21NO/c1-10(2)12-4-6-13(7-5-12)15(17)11(3)16-14-8-9-14/h4-7,10-11,14,16H,8-9H2,1-3H3. The van der Waals surface area contributed by atoms with Crippen LogP contribution in [0.25, 0.3) is 0 Å². The Morgan fingerprint density at radius 2 is 1.76 bits per heavy atom. The maximum absolute atomic E-state index is 12.1. The summed E-state index contributed by atoms with van der Waals surface area (Å²) in [5.74, 6) is 0.716. The van der Waals surface area contributed by atoms with Gasteiger partial charge in [0.15, 0.2) is 5.78 Å². The highest BCUT2D eigenvalue weighted by atomic mass is 16.1. The van der Waals surface area contributed by atoms with Crippen LogP contribution < -0.4 is 5.32 Å². The molecule has 1 saturated carbocycles. The van der Waals surface area contributed by atoms with E-state index in [1.807, 2.05) is 19.1 Å². The van der Waals surface area contributed by atoms with E-state index in [0.29, 0.717) is 12.0 Å². The van der Waals surface area contributed by atoms with Crippen LogP contribution in [0.4, 0.5) is 0 Å². The largest absolute Gasteiger partial charge is 0.305 e. The van der Waals surface area contributed by atoms with Crippen LogP contribution in [0.5, 0.6) is 0 Å². The van der Waals surface area contributed by atoms with Gasteiger partial charge in [-0.3, -0.25) is 4.79 Å². The zero-order chi connectivity index (χ0) is 12.4. The molecule has 1 fully saturated rings. The quantitative estimate of drug-likeness (QED) is 0.789. The number of carbonyl (C=O) groups is 1. The van der Waals surface area contributed by atoms with Gasteiger partial charge < -0.3 is 5.32 Å². The molecule has 0 aliphatic heterocycles. The summed E-state index contributed by atoms with van der Waals surface area (Å²) in [6.07, 6.45) is 2.42. The molecular formula is C15H21NO. The first kappa shape index (κ1) is 12.3. The molecule has 1 unspecified atom stereocenters. The van der Waals surface area contributed by atoms with Crippen LogP contribution in [0, 0.1) is 0 Å². The fourth-order valence-corrected chi connectivity index (χ4v) is 1.96. The van der Waals surface area contributed by atoms with Crippen LogP contribution >= 0.6 is 0 Å². The average Bonchev–Trinajstić information content (AvgIpc) is 3.12. The molecule has 0 spiro atoms. The molecule has 92 valence electrons. The molecule has 1 aliphatic carbocycles. The van der Waals surface area contributed by atoms with Gasteiger partial charge in [0.2, 0.25) is 0 Å². The Morgan fingerprint density at radius 3 is 2.24 bits per heavy atom.